The molecular weight excluding hydrogens is 1620 g/mol. The van der Waals surface area contributed by atoms with Gasteiger partial charge in [0, 0.05) is 145 Å². The number of pyridine rings is 16. The summed E-state index contributed by atoms with van der Waals surface area (Å²) in [7, 11) is 6.02. The van der Waals surface area contributed by atoms with Crippen LogP contribution >= 0.6 is 0 Å². The maximum absolute atomic E-state index is 9.47. The number of likely N-dealkylation sites (N-methyl/N-ethyl adjacent to an activating group) is 1. The number of aliphatic imine (C=N–C) groups is 2. The standard InChI is InChI=1S/C15H11N3.C14H10N4.C14H12N2.C12H8N2.C12H12N2.C11H11N3O2.C10H8N2O2.2C8H12N2/c1-3-10-16-12(6-1)14-8-5-9-15(18-14)13-7-2-4-11-17-13;1-3-7-15-11(5-1)13-14(18-10-9-17-13)12-6-2-4-8-16-12;1-9-3-5-11-7-8-12-6-4-10(2)16-14(12)13(11)15-9;1-3-9-5-6-10-4-2-8-14-12(10)11(9)13-7-1;1-9-3-5-13-11(7-9)12-8-10(2)4-6-14-12;1-2-8(10-12-4-6-15-10)14-9(3-1)11-13-5-7-16-11;13-7-3-1-5-11-9(7)10-8(14)4-2-6-12-10;1-10(2)7-8-5-3-4-6-9-8;1-9-7-5-8-4-2-3-6-10-8/h1-11H;1-10H;3-8H,1-2H3;1-8H;3-8H,1-2H3;1-3H,4-7H2;1-6,13-14H;3-6H,7H2,1-2H3;2-4,6,9H,5,7H2,1H3. The highest BCUT2D eigenvalue weighted by atomic mass is 16.5. The maximum Gasteiger partial charge on any atom is 0.235 e. The summed E-state index contributed by atoms with van der Waals surface area (Å²) in [6.45, 7) is 12.7. The fourth-order valence-electron chi connectivity index (χ4n) is 12.9. The number of ether oxygens (including phenoxy) is 2. The van der Waals surface area contributed by atoms with Gasteiger partial charge in [0.15, 0.2) is 0 Å². The van der Waals surface area contributed by atoms with Crippen LogP contribution < -0.4 is 5.32 Å². The lowest BCUT2D eigenvalue weighted by Gasteiger charge is -2.07. The highest BCUT2D eigenvalue weighted by molar-refractivity contribution is 6.03. The number of nitrogens with one attached hydrogen (secondary N) is 1. The normalized spacial score (nSPS) is 11.4. The summed E-state index contributed by atoms with van der Waals surface area (Å²) < 4.78 is 10.7. The highest BCUT2D eigenvalue weighted by Gasteiger charge is 2.18. The number of aromatic hydroxyl groups is 2. The second-order valence-electron chi connectivity index (χ2n) is 29.2. The van der Waals surface area contributed by atoms with Gasteiger partial charge in [-0.25, -0.2) is 20.0 Å². The Morgan fingerprint density at radius 2 is 0.646 bits per heavy atom. The van der Waals surface area contributed by atoms with Crippen molar-refractivity contribution in [2.45, 2.75) is 40.7 Å². The molecule has 19 aromatic rings. The molecule has 26 nitrogen and oxygen atoms in total. The van der Waals surface area contributed by atoms with Gasteiger partial charge in [0.2, 0.25) is 11.8 Å². The minimum Gasteiger partial charge on any atom is -0.506 e. The van der Waals surface area contributed by atoms with Crippen LogP contribution in [0.3, 0.4) is 0 Å². The molecule has 0 atom stereocenters. The molecule has 0 saturated heterocycles. The molecule has 19 heterocycles. The molecule has 0 amide bonds. The van der Waals surface area contributed by atoms with E-state index in [1.807, 2.05) is 254 Å². The first-order valence-corrected chi connectivity index (χ1v) is 42.0. The average Bonchev–Trinajstić information content (AvgIpc) is 1.15. The largest absolute Gasteiger partial charge is 0.506 e. The molecule has 26 heteroatoms. The van der Waals surface area contributed by atoms with Crippen molar-refractivity contribution in [3.8, 4) is 79.8 Å². The lowest BCUT2D eigenvalue weighted by molar-refractivity contribution is 0.345. The van der Waals surface area contributed by atoms with E-state index < -0.39 is 0 Å². The van der Waals surface area contributed by atoms with Gasteiger partial charge in [0.25, 0.3) is 0 Å². The van der Waals surface area contributed by atoms with E-state index in [0.717, 1.165) is 154 Å². The molecule has 0 radical (unpaired) electrons. The van der Waals surface area contributed by atoms with Gasteiger partial charge in [-0.3, -0.25) is 79.7 Å². The van der Waals surface area contributed by atoms with Crippen LogP contribution in [0.4, 0.5) is 0 Å². The number of hydrogen-bond acceptors (Lipinski definition) is 26. The van der Waals surface area contributed by atoms with Crippen LogP contribution in [0, 0.1) is 27.7 Å². The predicted octanol–water partition coefficient (Wildman–Crippen LogP) is 18.9. The zero-order valence-corrected chi connectivity index (χ0v) is 73.0. The number of hydrogen-bond donors (Lipinski definition) is 3. The highest BCUT2D eigenvalue weighted by Crippen LogP contribution is 2.32. The van der Waals surface area contributed by atoms with Crippen molar-refractivity contribution in [3.05, 3.63) is 399 Å². The molecule has 130 heavy (non-hydrogen) atoms. The van der Waals surface area contributed by atoms with Gasteiger partial charge < -0.3 is 29.9 Å². The molecule has 0 spiro atoms. The molecule has 0 bridgehead atoms. The third-order valence-electron chi connectivity index (χ3n) is 19.1. The van der Waals surface area contributed by atoms with E-state index in [1.165, 1.54) is 35.7 Å². The third-order valence-corrected chi connectivity index (χ3v) is 19.1. The van der Waals surface area contributed by atoms with Crippen LogP contribution in [-0.2, 0) is 22.4 Å². The van der Waals surface area contributed by atoms with Crippen molar-refractivity contribution in [1.29, 1.82) is 0 Å². The Balaban J connectivity index is 0.000000125. The SMILES string of the molecule is CN(C)Cc1ccccn1.CNCCc1ccccn1.Cc1ccc2ccc3ccc(C)nc3c2n1.Cc1ccnc(-c2cc(C)ccn2)c1.Oc1cccnc1-c1ncccc1O.c1cc(C2=NCCO2)nc(C2=NCCO2)c1.c1ccc(-c2cccc(-c3ccccn3)n2)nc1.c1ccc(-c2nccnc2-c2ccccn2)nc1.c1cnc2c(c1)ccc1cccnc12. The van der Waals surface area contributed by atoms with Gasteiger partial charge in [-0.2, -0.15) is 0 Å². The predicted molar refractivity (Wildman–Crippen MR) is 513 cm³/mol. The van der Waals surface area contributed by atoms with Gasteiger partial charge >= 0.3 is 0 Å². The second kappa shape index (κ2) is 48.1. The fourth-order valence-corrected chi connectivity index (χ4v) is 12.9. The van der Waals surface area contributed by atoms with Gasteiger partial charge in [-0.15, -0.1) is 0 Å². The summed E-state index contributed by atoms with van der Waals surface area (Å²) >= 11 is 0. The molecule has 2 aromatic carbocycles. The summed E-state index contributed by atoms with van der Waals surface area (Å²) in [5, 5.41) is 26.6. The summed E-state index contributed by atoms with van der Waals surface area (Å²) in [5.41, 5.74) is 21.2. The minimum absolute atomic E-state index is 0.00139. The van der Waals surface area contributed by atoms with E-state index in [0.29, 0.717) is 38.1 Å². The van der Waals surface area contributed by atoms with Crippen LogP contribution in [0.15, 0.2) is 364 Å². The molecule has 2 aliphatic rings. The smallest absolute Gasteiger partial charge is 0.235 e. The lowest BCUT2D eigenvalue weighted by Crippen LogP contribution is -2.11. The molecule has 0 aliphatic carbocycles. The third kappa shape index (κ3) is 27.0. The topological polar surface area (TPSA) is 331 Å². The number of nitrogens with zero attached hydrogens (tertiary/aromatic N) is 21. The molecule has 0 unspecified atom stereocenters. The molecule has 3 N–H and O–H groups in total. The summed E-state index contributed by atoms with van der Waals surface area (Å²) in [4.78, 5) is 88.2. The molecular formula is C104H96N22O4. The number of rotatable bonds is 13. The van der Waals surface area contributed by atoms with Crippen molar-refractivity contribution in [1.82, 2.24) is 99.9 Å². The Hall–Kier alpha value is -16.6. The van der Waals surface area contributed by atoms with Crippen LogP contribution in [-0.4, -0.2) is 171 Å². The van der Waals surface area contributed by atoms with Gasteiger partial charge in [-0.1, -0.05) is 97.1 Å². The first-order valence-electron chi connectivity index (χ1n) is 42.0. The zero-order valence-electron chi connectivity index (χ0n) is 73.0. The first kappa shape index (κ1) is 91.1. The minimum atomic E-state index is 0.00139. The van der Waals surface area contributed by atoms with E-state index in [4.69, 9.17) is 9.47 Å². The van der Waals surface area contributed by atoms with E-state index in [2.05, 4.69) is 172 Å². The molecule has 0 fully saturated rings. The van der Waals surface area contributed by atoms with Crippen LogP contribution in [0.2, 0.25) is 0 Å². The van der Waals surface area contributed by atoms with Crippen LogP contribution in [0.5, 0.6) is 11.5 Å². The second-order valence-corrected chi connectivity index (χ2v) is 29.2. The van der Waals surface area contributed by atoms with E-state index in [-0.39, 0.29) is 22.9 Å². The molecule has 2 aliphatic heterocycles. The summed E-state index contributed by atoms with van der Waals surface area (Å²) in [5.74, 6) is 1.23. The van der Waals surface area contributed by atoms with Gasteiger partial charge in [-0.05, 0) is 230 Å². The van der Waals surface area contributed by atoms with E-state index in [1.54, 1.807) is 61.7 Å². The zero-order chi connectivity index (χ0) is 90.3. The maximum atomic E-state index is 9.47. The van der Waals surface area contributed by atoms with Gasteiger partial charge in [0.1, 0.15) is 58.9 Å². The number of fused-ring (bicyclic) bond motifs is 6. The monoisotopic (exact) mass is 1720 g/mol. The molecule has 646 valence electrons. The Morgan fingerprint density at radius 3 is 1.03 bits per heavy atom. The van der Waals surface area contributed by atoms with Crippen LogP contribution in [0.1, 0.15) is 45.3 Å². The summed E-state index contributed by atoms with van der Waals surface area (Å²) in [6, 6.07) is 85.4. The molecule has 21 rings (SSSR count). The fraction of sp³-hybridized carbons (Fsp3) is 0.135. The van der Waals surface area contributed by atoms with Crippen molar-refractivity contribution in [3.63, 3.8) is 0 Å². The van der Waals surface area contributed by atoms with Crippen molar-refractivity contribution in [2.24, 2.45) is 9.98 Å². The Kier molecular flexibility index (Phi) is 33.7. The van der Waals surface area contributed by atoms with Gasteiger partial charge in [0.05, 0.1) is 86.4 Å². The van der Waals surface area contributed by atoms with Crippen molar-refractivity contribution < 1.29 is 19.7 Å². The number of aryl methyl sites for hydroxylation is 4. The Labute approximate surface area is 754 Å². The Morgan fingerprint density at radius 1 is 0.292 bits per heavy atom. The Bertz CT molecular complexity index is 6490. The lowest BCUT2D eigenvalue weighted by atomic mass is 10.1. The quantitative estimate of drug-likeness (QED) is 0.0903. The van der Waals surface area contributed by atoms with E-state index in [9.17, 15) is 10.2 Å². The van der Waals surface area contributed by atoms with E-state index >= 15 is 0 Å². The number of aromatic nitrogens is 18. The van der Waals surface area contributed by atoms with Crippen LogP contribution in [0.25, 0.3) is 112 Å². The first-order chi connectivity index (χ1) is 63.8. The summed E-state index contributed by atoms with van der Waals surface area (Å²) in [6.07, 6.45) is 25.3. The average molecular weight is 1720 g/mol. The number of benzene rings is 2. The molecule has 0 saturated carbocycles. The molecule has 17 aromatic heterocycles. The van der Waals surface area contributed by atoms with Crippen molar-refractivity contribution in [2.75, 3.05) is 54.0 Å². The van der Waals surface area contributed by atoms with Crippen molar-refractivity contribution >= 4 is 55.4 Å².